The molecule has 0 aliphatic heterocycles. The van der Waals surface area contributed by atoms with Gasteiger partial charge in [-0.25, -0.2) is 9.67 Å². The standard InChI is InChI=1S/C19H24ClN5O2/c1-6-12(7-2)25-15-8-11(3)21-19(18(15)23-24-25)22-17-14(20)9-13(26-4)10-16(17)27-5/h8-10,12H,6-7H2,1-5H3,(H,21,22). The van der Waals surface area contributed by atoms with Gasteiger partial charge in [-0.3, -0.25) is 0 Å². The fraction of sp³-hybridized carbons (Fsp3) is 0.421. The zero-order valence-electron chi connectivity index (χ0n) is 16.2. The summed E-state index contributed by atoms with van der Waals surface area (Å²) >= 11 is 6.44. The lowest BCUT2D eigenvalue weighted by atomic mass is 10.1. The SMILES string of the molecule is CCC(CC)n1nnc2c(Nc3c(Cl)cc(OC)cc3OC)nc(C)cc21. The van der Waals surface area contributed by atoms with Crippen LogP contribution in [0.4, 0.5) is 11.5 Å². The molecule has 8 heteroatoms. The molecule has 27 heavy (non-hydrogen) atoms. The zero-order valence-corrected chi connectivity index (χ0v) is 17.0. The van der Waals surface area contributed by atoms with E-state index in [0.717, 1.165) is 24.1 Å². The normalized spacial score (nSPS) is 11.2. The number of hydrogen-bond donors (Lipinski definition) is 1. The maximum atomic E-state index is 6.44. The number of hydrogen-bond acceptors (Lipinski definition) is 6. The topological polar surface area (TPSA) is 74.1 Å². The number of halogens is 1. The first-order valence-electron chi connectivity index (χ1n) is 8.93. The predicted molar refractivity (Wildman–Crippen MR) is 108 cm³/mol. The minimum Gasteiger partial charge on any atom is -0.497 e. The van der Waals surface area contributed by atoms with Crippen molar-refractivity contribution in [2.24, 2.45) is 0 Å². The first-order chi connectivity index (χ1) is 13.0. The van der Waals surface area contributed by atoms with Crippen LogP contribution in [0.1, 0.15) is 38.4 Å². The summed E-state index contributed by atoms with van der Waals surface area (Å²) in [5, 5.41) is 12.5. The van der Waals surface area contributed by atoms with Crippen molar-refractivity contribution in [2.45, 2.75) is 39.7 Å². The van der Waals surface area contributed by atoms with Crippen LogP contribution >= 0.6 is 11.6 Å². The third kappa shape index (κ3) is 3.64. The molecule has 0 atom stereocenters. The summed E-state index contributed by atoms with van der Waals surface area (Å²) in [6.07, 6.45) is 1.97. The molecule has 0 aliphatic rings. The molecule has 1 N–H and O–H groups in total. The van der Waals surface area contributed by atoms with Crippen molar-refractivity contribution in [3.05, 3.63) is 28.9 Å². The van der Waals surface area contributed by atoms with Crippen LogP contribution in [0.2, 0.25) is 5.02 Å². The number of nitrogens with one attached hydrogen (secondary N) is 1. The highest BCUT2D eigenvalue weighted by Gasteiger charge is 2.19. The van der Waals surface area contributed by atoms with Crippen molar-refractivity contribution in [3.63, 3.8) is 0 Å². The molecule has 0 saturated heterocycles. The molecule has 3 rings (SSSR count). The summed E-state index contributed by atoms with van der Waals surface area (Å²) in [6, 6.07) is 5.79. The molecule has 0 amide bonds. The van der Waals surface area contributed by atoms with Crippen LogP contribution in [0.3, 0.4) is 0 Å². The summed E-state index contributed by atoms with van der Waals surface area (Å²) < 4.78 is 12.7. The van der Waals surface area contributed by atoms with Crippen LogP contribution < -0.4 is 14.8 Å². The third-order valence-corrected chi connectivity index (χ3v) is 4.90. The molecule has 1 aromatic carbocycles. The first kappa shape index (κ1) is 19.2. The second kappa shape index (κ2) is 8.00. The van der Waals surface area contributed by atoms with E-state index in [1.54, 1.807) is 26.4 Å². The average Bonchev–Trinajstić information content (AvgIpc) is 3.08. The van der Waals surface area contributed by atoms with E-state index in [9.17, 15) is 0 Å². The Hall–Kier alpha value is -2.54. The Morgan fingerprint density at radius 1 is 1.15 bits per heavy atom. The maximum Gasteiger partial charge on any atom is 0.160 e. The maximum absolute atomic E-state index is 6.44. The van der Waals surface area contributed by atoms with Crippen LogP contribution in [0, 0.1) is 6.92 Å². The molecule has 2 heterocycles. The highest BCUT2D eigenvalue weighted by molar-refractivity contribution is 6.34. The Morgan fingerprint density at radius 2 is 1.89 bits per heavy atom. The van der Waals surface area contributed by atoms with Gasteiger partial charge in [-0.05, 0) is 25.8 Å². The Morgan fingerprint density at radius 3 is 2.52 bits per heavy atom. The molecule has 0 fully saturated rings. The minimum atomic E-state index is 0.295. The van der Waals surface area contributed by atoms with E-state index < -0.39 is 0 Å². The average molecular weight is 390 g/mol. The minimum absolute atomic E-state index is 0.295. The lowest BCUT2D eigenvalue weighted by Gasteiger charge is -2.16. The van der Waals surface area contributed by atoms with Crippen LogP contribution in [0.25, 0.3) is 11.0 Å². The van der Waals surface area contributed by atoms with E-state index >= 15 is 0 Å². The van der Waals surface area contributed by atoms with Gasteiger partial charge in [0.25, 0.3) is 0 Å². The monoisotopic (exact) mass is 389 g/mol. The highest BCUT2D eigenvalue weighted by Crippen LogP contribution is 2.39. The summed E-state index contributed by atoms with van der Waals surface area (Å²) in [4.78, 5) is 4.61. The molecule has 0 bridgehead atoms. The molecule has 7 nitrogen and oxygen atoms in total. The van der Waals surface area contributed by atoms with Crippen LogP contribution in [0.15, 0.2) is 18.2 Å². The number of pyridine rings is 1. The summed E-state index contributed by atoms with van der Waals surface area (Å²) in [7, 11) is 3.17. The van der Waals surface area contributed by atoms with E-state index in [4.69, 9.17) is 21.1 Å². The zero-order chi connectivity index (χ0) is 19.6. The summed E-state index contributed by atoms with van der Waals surface area (Å²) in [5.74, 6) is 1.76. The molecular weight excluding hydrogens is 366 g/mol. The Kier molecular flexibility index (Phi) is 5.70. The summed E-state index contributed by atoms with van der Waals surface area (Å²) in [6.45, 7) is 6.25. The van der Waals surface area contributed by atoms with Gasteiger partial charge in [0.05, 0.1) is 30.8 Å². The number of benzene rings is 1. The summed E-state index contributed by atoms with van der Waals surface area (Å²) in [5.41, 5.74) is 3.11. The Bertz CT molecular complexity index is 953. The molecule has 3 aromatic rings. The molecule has 144 valence electrons. The van der Waals surface area contributed by atoms with E-state index in [-0.39, 0.29) is 0 Å². The number of rotatable bonds is 7. The number of anilines is 2. The van der Waals surface area contributed by atoms with E-state index in [1.165, 1.54) is 0 Å². The van der Waals surface area contributed by atoms with Gasteiger partial charge < -0.3 is 14.8 Å². The first-order valence-corrected chi connectivity index (χ1v) is 9.31. The number of aromatic nitrogens is 4. The predicted octanol–water partition coefficient (Wildman–Crippen LogP) is 4.91. The number of methoxy groups -OCH3 is 2. The van der Waals surface area contributed by atoms with Gasteiger partial charge in [0.2, 0.25) is 0 Å². The van der Waals surface area contributed by atoms with Gasteiger partial charge in [0, 0.05) is 17.8 Å². The second-order valence-electron chi connectivity index (χ2n) is 6.30. The largest absolute Gasteiger partial charge is 0.497 e. The number of aryl methyl sites for hydroxylation is 1. The molecule has 0 spiro atoms. The highest BCUT2D eigenvalue weighted by atomic mass is 35.5. The number of ether oxygens (including phenoxy) is 2. The van der Waals surface area contributed by atoms with Crippen molar-refractivity contribution in [2.75, 3.05) is 19.5 Å². The number of fused-ring (bicyclic) bond motifs is 1. The van der Waals surface area contributed by atoms with Gasteiger partial charge in [0.15, 0.2) is 11.3 Å². The van der Waals surface area contributed by atoms with Crippen LogP contribution in [-0.2, 0) is 0 Å². The number of nitrogens with zero attached hydrogens (tertiary/aromatic N) is 4. The van der Waals surface area contributed by atoms with Crippen LogP contribution in [0.5, 0.6) is 11.5 Å². The smallest absolute Gasteiger partial charge is 0.160 e. The molecule has 0 unspecified atom stereocenters. The molecule has 2 aromatic heterocycles. The fourth-order valence-electron chi connectivity index (χ4n) is 3.13. The van der Waals surface area contributed by atoms with E-state index in [1.807, 2.05) is 17.7 Å². The van der Waals surface area contributed by atoms with E-state index in [0.29, 0.717) is 39.6 Å². The lowest BCUT2D eigenvalue weighted by Crippen LogP contribution is -2.09. The van der Waals surface area contributed by atoms with E-state index in [2.05, 4.69) is 34.5 Å². The molecule has 0 radical (unpaired) electrons. The van der Waals surface area contributed by atoms with Crippen molar-refractivity contribution in [1.29, 1.82) is 0 Å². The lowest BCUT2D eigenvalue weighted by molar-refractivity contribution is 0.395. The molecule has 0 aliphatic carbocycles. The van der Waals surface area contributed by atoms with Gasteiger partial charge in [-0.2, -0.15) is 0 Å². The van der Waals surface area contributed by atoms with Crippen molar-refractivity contribution in [3.8, 4) is 11.5 Å². The quantitative estimate of drug-likeness (QED) is 0.618. The van der Waals surface area contributed by atoms with Gasteiger partial charge in [0.1, 0.15) is 17.2 Å². The van der Waals surface area contributed by atoms with Crippen molar-refractivity contribution in [1.82, 2.24) is 20.0 Å². The van der Waals surface area contributed by atoms with Gasteiger partial charge in [-0.15, -0.1) is 5.10 Å². The van der Waals surface area contributed by atoms with Gasteiger partial charge in [-0.1, -0.05) is 30.7 Å². The van der Waals surface area contributed by atoms with Crippen LogP contribution in [-0.4, -0.2) is 34.2 Å². The molecular formula is C19H24ClN5O2. The Labute approximate surface area is 163 Å². The van der Waals surface area contributed by atoms with Crippen molar-refractivity contribution >= 4 is 34.1 Å². The fourth-order valence-corrected chi connectivity index (χ4v) is 3.38. The third-order valence-electron chi connectivity index (χ3n) is 4.60. The van der Waals surface area contributed by atoms with Gasteiger partial charge >= 0.3 is 0 Å². The van der Waals surface area contributed by atoms with Crippen molar-refractivity contribution < 1.29 is 9.47 Å². The Balaban J connectivity index is 2.11. The second-order valence-corrected chi connectivity index (χ2v) is 6.70. The molecule has 0 saturated carbocycles.